The molecule has 0 aliphatic carbocycles. The number of carbonyl (C=O) groups excluding carboxylic acids is 1. The molecular weight excluding hydrogens is 244 g/mol. The van der Waals surface area contributed by atoms with Crippen LogP contribution in [0, 0.1) is 5.92 Å². The van der Waals surface area contributed by atoms with Crippen LogP contribution in [0.1, 0.15) is 33.4 Å². The van der Waals surface area contributed by atoms with Crippen molar-refractivity contribution in [2.24, 2.45) is 5.92 Å². The molecule has 0 aromatic carbocycles. The Morgan fingerprint density at radius 2 is 2.26 bits per heavy atom. The van der Waals surface area contributed by atoms with Gasteiger partial charge in [0.2, 0.25) is 0 Å². The van der Waals surface area contributed by atoms with Gasteiger partial charge in [-0.1, -0.05) is 13.0 Å². The third-order valence-corrected chi connectivity index (χ3v) is 2.75. The number of ether oxygens (including phenoxy) is 1. The highest BCUT2D eigenvalue weighted by atomic mass is 16.6. The molecule has 1 aromatic rings. The molecule has 1 amide bonds. The van der Waals surface area contributed by atoms with Gasteiger partial charge in [-0.15, -0.1) is 0 Å². The highest BCUT2D eigenvalue weighted by Gasteiger charge is 2.27. The molecule has 6 heteroatoms. The summed E-state index contributed by atoms with van der Waals surface area (Å²) in [6.07, 6.45) is 3.50. The predicted molar refractivity (Wildman–Crippen MR) is 71.3 cm³/mol. The monoisotopic (exact) mass is 264 g/mol. The maximum atomic E-state index is 12.1. The molecule has 1 aliphatic heterocycles. The summed E-state index contributed by atoms with van der Waals surface area (Å²) < 4.78 is 5.41. The summed E-state index contributed by atoms with van der Waals surface area (Å²) in [7, 11) is 0. The van der Waals surface area contributed by atoms with E-state index in [1.807, 2.05) is 20.8 Å². The lowest BCUT2D eigenvalue weighted by Gasteiger charge is -2.32. The van der Waals surface area contributed by atoms with Gasteiger partial charge >= 0.3 is 6.09 Å². The third kappa shape index (κ3) is 3.56. The molecule has 6 nitrogen and oxygen atoms in total. The van der Waals surface area contributed by atoms with Crippen molar-refractivity contribution in [1.29, 1.82) is 0 Å². The number of hydrogen-bond donors (Lipinski definition) is 1. The second kappa shape index (κ2) is 5.03. The summed E-state index contributed by atoms with van der Waals surface area (Å²) in [5.74, 6) is 0.271. The predicted octanol–water partition coefficient (Wildman–Crippen LogP) is 2.07. The minimum absolute atomic E-state index is 0.271. The van der Waals surface area contributed by atoms with Crippen LogP contribution in [0.15, 0.2) is 12.3 Å². The van der Waals surface area contributed by atoms with Crippen molar-refractivity contribution in [1.82, 2.24) is 20.3 Å². The van der Waals surface area contributed by atoms with E-state index in [0.717, 1.165) is 11.3 Å². The van der Waals surface area contributed by atoms with E-state index in [2.05, 4.69) is 28.4 Å². The summed E-state index contributed by atoms with van der Waals surface area (Å²) in [6.45, 7) is 8.84. The smallest absolute Gasteiger partial charge is 0.410 e. The summed E-state index contributed by atoms with van der Waals surface area (Å²) in [4.78, 5) is 13.8. The van der Waals surface area contributed by atoms with Crippen molar-refractivity contribution >= 4 is 11.7 Å². The molecule has 104 valence electrons. The fraction of sp³-hybridized carbons (Fsp3) is 0.615. The molecule has 1 unspecified atom stereocenters. The molecule has 0 radical (unpaired) electrons. The molecule has 2 heterocycles. The standard InChI is InChI=1S/C13H20N4O2/c1-9-5-10(11-6-14-16-15-11)8-17(7-9)12(18)19-13(2,3)4/h5-6,9H,7-8H2,1-4H3,(H,14,15,16). The minimum Gasteiger partial charge on any atom is -0.444 e. The summed E-state index contributed by atoms with van der Waals surface area (Å²) in [5.41, 5.74) is 1.30. The van der Waals surface area contributed by atoms with Crippen LogP contribution in [0.3, 0.4) is 0 Å². The maximum absolute atomic E-state index is 12.1. The normalized spacial score (nSPS) is 20.1. The summed E-state index contributed by atoms with van der Waals surface area (Å²) in [6, 6.07) is 0. The first-order chi connectivity index (χ1) is 8.85. The fourth-order valence-corrected chi connectivity index (χ4v) is 2.05. The van der Waals surface area contributed by atoms with E-state index >= 15 is 0 Å². The van der Waals surface area contributed by atoms with Crippen LogP contribution in [0.25, 0.3) is 5.57 Å². The van der Waals surface area contributed by atoms with E-state index in [4.69, 9.17) is 4.74 Å². The van der Waals surface area contributed by atoms with Crippen LogP contribution in [0.5, 0.6) is 0 Å². The Morgan fingerprint density at radius 1 is 1.53 bits per heavy atom. The molecule has 1 aromatic heterocycles. The van der Waals surface area contributed by atoms with Crippen molar-refractivity contribution in [3.05, 3.63) is 18.0 Å². The lowest BCUT2D eigenvalue weighted by Crippen LogP contribution is -2.41. The molecule has 0 bridgehead atoms. The Bertz CT molecular complexity index is 473. The largest absolute Gasteiger partial charge is 0.444 e. The SMILES string of the molecule is CC1C=C(c2cn[nH]n2)CN(C(=O)OC(C)(C)C)C1. The molecule has 2 rings (SSSR count). The van der Waals surface area contributed by atoms with Crippen molar-refractivity contribution in [3.63, 3.8) is 0 Å². The van der Waals surface area contributed by atoms with Gasteiger partial charge in [-0.25, -0.2) is 4.79 Å². The van der Waals surface area contributed by atoms with E-state index in [9.17, 15) is 4.79 Å². The Labute approximate surface area is 112 Å². The minimum atomic E-state index is -0.477. The van der Waals surface area contributed by atoms with Gasteiger partial charge in [-0.05, 0) is 32.3 Å². The zero-order chi connectivity index (χ0) is 14.0. The Balaban J connectivity index is 2.10. The number of amides is 1. The van der Waals surface area contributed by atoms with E-state index in [0.29, 0.717) is 13.1 Å². The zero-order valence-corrected chi connectivity index (χ0v) is 11.8. The average Bonchev–Trinajstić information content (AvgIpc) is 2.79. The lowest BCUT2D eigenvalue weighted by molar-refractivity contribution is 0.0253. The van der Waals surface area contributed by atoms with Crippen molar-refractivity contribution < 1.29 is 9.53 Å². The van der Waals surface area contributed by atoms with Gasteiger partial charge in [-0.3, -0.25) is 0 Å². The van der Waals surface area contributed by atoms with Gasteiger partial charge < -0.3 is 9.64 Å². The van der Waals surface area contributed by atoms with Crippen molar-refractivity contribution in [2.75, 3.05) is 13.1 Å². The lowest BCUT2D eigenvalue weighted by atomic mass is 10.0. The molecule has 0 spiro atoms. The number of nitrogens with zero attached hydrogens (tertiary/aromatic N) is 3. The van der Waals surface area contributed by atoms with Crippen LogP contribution >= 0.6 is 0 Å². The summed E-state index contributed by atoms with van der Waals surface area (Å²) in [5, 5.41) is 10.4. The molecule has 0 saturated carbocycles. The van der Waals surface area contributed by atoms with Crippen LogP contribution in [-0.2, 0) is 4.74 Å². The van der Waals surface area contributed by atoms with E-state index in [1.165, 1.54) is 0 Å². The Morgan fingerprint density at radius 3 is 2.84 bits per heavy atom. The molecular formula is C13H20N4O2. The molecule has 0 fully saturated rings. The number of nitrogens with one attached hydrogen (secondary N) is 1. The van der Waals surface area contributed by atoms with Gasteiger partial charge in [0.15, 0.2) is 0 Å². The second-order valence-electron chi connectivity index (χ2n) is 5.89. The highest BCUT2D eigenvalue weighted by molar-refractivity contribution is 5.74. The third-order valence-electron chi connectivity index (χ3n) is 2.75. The molecule has 0 saturated heterocycles. The Kier molecular flexibility index (Phi) is 3.59. The van der Waals surface area contributed by atoms with Crippen molar-refractivity contribution in [3.8, 4) is 0 Å². The number of aromatic nitrogens is 3. The number of carbonyl (C=O) groups is 1. The number of aromatic amines is 1. The van der Waals surface area contributed by atoms with Crippen molar-refractivity contribution in [2.45, 2.75) is 33.3 Å². The first kappa shape index (κ1) is 13.6. The topological polar surface area (TPSA) is 71.1 Å². The van der Waals surface area contributed by atoms with Crippen LogP contribution in [-0.4, -0.2) is 45.1 Å². The first-order valence-electron chi connectivity index (χ1n) is 6.40. The maximum Gasteiger partial charge on any atom is 0.410 e. The quantitative estimate of drug-likeness (QED) is 0.843. The van der Waals surface area contributed by atoms with Crippen LogP contribution < -0.4 is 0 Å². The van der Waals surface area contributed by atoms with E-state index in [1.54, 1.807) is 11.1 Å². The van der Waals surface area contributed by atoms with Gasteiger partial charge in [-0.2, -0.15) is 15.4 Å². The molecule has 1 aliphatic rings. The summed E-state index contributed by atoms with van der Waals surface area (Å²) >= 11 is 0. The zero-order valence-electron chi connectivity index (χ0n) is 11.8. The second-order valence-corrected chi connectivity index (χ2v) is 5.89. The van der Waals surface area contributed by atoms with Crippen LogP contribution in [0.2, 0.25) is 0 Å². The van der Waals surface area contributed by atoms with E-state index in [-0.39, 0.29) is 12.0 Å². The number of rotatable bonds is 1. The van der Waals surface area contributed by atoms with Gasteiger partial charge in [0.25, 0.3) is 0 Å². The first-order valence-corrected chi connectivity index (χ1v) is 6.40. The van der Waals surface area contributed by atoms with Gasteiger partial charge in [0, 0.05) is 6.54 Å². The van der Waals surface area contributed by atoms with Crippen LogP contribution in [0.4, 0.5) is 4.79 Å². The molecule has 1 N–H and O–H groups in total. The van der Waals surface area contributed by atoms with E-state index < -0.39 is 5.60 Å². The molecule has 19 heavy (non-hydrogen) atoms. The average molecular weight is 264 g/mol. The Hall–Kier alpha value is -1.85. The highest BCUT2D eigenvalue weighted by Crippen LogP contribution is 2.23. The fourth-order valence-electron chi connectivity index (χ4n) is 2.05. The number of hydrogen-bond acceptors (Lipinski definition) is 4. The van der Waals surface area contributed by atoms with Gasteiger partial charge in [0.1, 0.15) is 11.3 Å². The number of H-pyrrole nitrogens is 1. The van der Waals surface area contributed by atoms with Gasteiger partial charge in [0.05, 0.1) is 12.7 Å². The molecule has 1 atom stereocenters.